The summed E-state index contributed by atoms with van der Waals surface area (Å²) in [6, 6.07) is 7.55. The monoisotopic (exact) mass is 399 g/mol. The second-order valence-electron chi connectivity index (χ2n) is 6.63. The molecule has 2 heterocycles. The van der Waals surface area contributed by atoms with Crippen molar-refractivity contribution >= 4 is 22.8 Å². The van der Waals surface area contributed by atoms with Crippen LogP contribution in [0.2, 0.25) is 0 Å². The number of hydrogen-bond acceptors (Lipinski definition) is 5. The number of carbonyl (C=O) groups is 2. The second-order valence-corrected chi connectivity index (χ2v) is 6.63. The highest BCUT2D eigenvalue weighted by molar-refractivity contribution is 6.27. The highest BCUT2D eigenvalue weighted by atomic mass is 16.4. The molecule has 0 aliphatic carbocycles. The summed E-state index contributed by atoms with van der Waals surface area (Å²) in [7, 11) is 0. The van der Waals surface area contributed by atoms with Crippen LogP contribution in [0.3, 0.4) is 0 Å². The molecule has 8 nitrogen and oxygen atoms in total. The normalized spacial score (nSPS) is 13.3. The van der Waals surface area contributed by atoms with Crippen LogP contribution < -0.4 is 5.56 Å². The number of rotatable bonds is 4. The van der Waals surface area contributed by atoms with Crippen molar-refractivity contribution in [3.05, 3.63) is 40.4 Å². The van der Waals surface area contributed by atoms with Gasteiger partial charge in [0.15, 0.2) is 0 Å². The van der Waals surface area contributed by atoms with Gasteiger partial charge in [0, 0.05) is 6.42 Å². The number of aromatic nitrogens is 2. The third kappa shape index (κ3) is 6.43. The molecule has 1 aromatic heterocycles. The molecular formula is C21H25N3O5. The molecule has 1 fully saturated rings. The topological polar surface area (TPSA) is 113 Å². The zero-order valence-corrected chi connectivity index (χ0v) is 16.4. The molecule has 1 aromatic carbocycles. The molecule has 0 spiro atoms. The fourth-order valence-corrected chi connectivity index (χ4v) is 3.03. The van der Waals surface area contributed by atoms with Crippen LogP contribution in [0.25, 0.3) is 10.9 Å². The van der Waals surface area contributed by atoms with Crippen molar-refractivity contribution < 1.29 is 19.8 Å². The Morgan fingerprint density at radius 1 is 1.07 bits per heavy atom. The molecule has 0 amide bonds. The molecule has 3 rings (SSSR count). The molecule has 29 heavy (non-hydrogen) atoms. The van der Waals surface area contributed by atoms with Gasteiger partial charge in [-0.2, -0.15) is 0 Å². The van der Waals surface area contributed by atoms with Crippen molar-refractivity contribution in [3.63, 3.8) is 0 Å². The van der Waals surface area contributed by atoms with Crippen LogP contribution in [-0.2, 0) is 22.6 Å². The van der Waals surface area contributed by atoms with Crippen LogP contribution in [-0.4, -0.2) is 56.2 Å². The molecular weight excluding hydrogens is 374 g/mol. The number of carboxylic acid groups (broad SMARTS) is 2. The third-order valence-corrected chi connectivity index (χ3v) is 4.46. The quantitative estimate of drug-likeness (QED) is 0.593. The van der Waals surface area contributed by atoms with Crippen molar-refractivity contribution in [2.45, 2.75) is 39.2 Å². The van der Waals surface area contributed by atoms with Gasteiger partial charge in [-0.05, 0) is 44.5 Å². The highest BCUT2D eigenvalue weighted by Gasteiger charge is 2.10. The van der Waals surface area contributed by atoms with E-state index in [-0.39, 0.29) is 5.56 Å². The molecule has 0 bridgehead atoms. The fraction of sp³-hybridized carbons (Fsp3) is 0.429. The van der Waals surface area contributed by atoms with Gasteiger partial charge >= 0.3 is 11.9 Å². The van der Waals surface area contributed by atoms with Gasteiger partial charge in [0.05, 0.1) is 24.0 Å². The Balaban J connectivity index is 0.000000438. The maximum absolute atomic E-state index is 12.7. The fourth-order valence-electron chi connectivity index (χ4n) is 3.03. The van der Waals surface area contributed by atoms with Crippen molar-refractivity contribution in [2.24, 2.45) is 0 Å². The van der Waals surface area contributed by atoms with Crippen LogP contribution >= 0.6 is 0 Å². The summed E-state index contributed by atoms with van der Waals surface area (Å²) in [6.45, 7) is 5.63. The molecule has 0 unspecified atom stereocenters. The standard InChI is InChI=1S/C19H23N3O.C2H2O4/c1-2-9-18-20-17-11-4-3-10-16(17)19(23)22(18)15-8-7-14-21-12-5-6-13-21;3-1(4)2(5)6/h3-4,10-11H,2,5-6,9,12-15H2,1H3;(H,3,4)(H,5,6). The smallest absolute Gasteiger partial charge is 0.414 e. The number of fused-ring (bicyclic) bond motifs is 1. The first kappa shape index (κ1) is 22.1. The summed E-state index contributed by atoms with van der Waals surface area (Å²) in [5.41, 5.74) is 0.803. The number of nitrogens with zero attached hydrogens (tertiary/aromatic N) is 3. The molecule has 8 heteroatoms. The average molecular weight is 399 g/mol. The van der Waals surface area contributed by atoms with E-state index in [2.05, 4.69) is 28.6 Å². The second kappa shape index (κ2) is 11.0. The maximum atomic E-state index is 12.7. The van der Waals surface area contributed by atoms with E-state index in [0.29, 0.717) is 11.9 Å². The molecule has 0 radical (unpaired) electrons. The van der Waals surface area contributed by atoms with Gasteiger partial charge in [0.25, 0.3) is 5.56 Å². The first-order chi connectivity index (χ1) is 13.9. The predicted octanol–water partition coefficient (Wildman–Crippen LogP) is 1.60. The third-order valence-electron chi connectivity index (χ3n) is 4.46. The van der Waals surface area contributed by atoms with E-state index in [1.54, 1.807) is 4.57 Å². The Hall–Kier alpha value is -3.18. The van der Waals surface area contributed by atoms with Crippen LogP contribution in [0.5, 0.6) is 0 Å². The van der Waals surface area contributed by atoms with Gasteiger partial charge in [-0.1, -0.05) is 30.9 Å². The summed E-state index contributed by atoms with van der Waals surface area (Å²) in [5, 5.41) is 15.5. The van der Waals surface area contributed by atoms with Gasteiger partial charge < -0.3 is 10.2 Å². The van der Waals surface area contributed by atoms with Crippen molar-refractivity contribution in [3.8, 4) is 11.8 Å². The lowest BCUT2D eigenvalue weighted by molar-refractivity contribution is -0.159. The summed E-state index contributed by atoms with van der Waals surface area (Å²) in [5.74, 6) is 3.56. The summed E-state index contributed by atoms with van der Waals surface area (Å²) < 4.78 is 1.74. The van der Waals surface area contributed by atoms with Crippen molar-refractivity contribution in [1.29, 1.82) is 0 Å². The van der Waals surface area contributed by atoms with Crippen LogP contribution in [0, 0.1) is 11.8 Å². The van der Waals surface area contributed by atoms with Gasteiger partial charge in [-0.3, -0.25) is 14.3 Å². The van der Waals surface area contributed by atoms with E-state index in [9.17, 15) is 4.79 Å². The van der Waals surface area contributed by atoms with E-state index in [0.717, 1.165) is 43.8 Å². The first-order valence-electron chi connectivity index (χ1n) is 9.56. The van der Waals surface area contributed by atoms with Gasteiger partial charge in [-0.15, -0.1) is 0 Å². The Labute approximate surface area is 168 Å². The zero-order chi connectivity index (χ0) is 21.2. The number of aryl methyl sites for hydroxylation is 1. The summed E-state index contributed by atoms with van der Waals surface area (Å²) >= 11 is 0. The van der Waals surface area contributed by atoms with Crippen LogP contribution in [0.15, 0.2) is 29.1 Å². The minimum Gasteiger partial charge on any atom is -0.473 e. The van der Waals surface area contributed by atoms with Gasteiger partial charge in [0.2, 0.25) is 0 Å². The zero-order valence-electron chi connectivity index (χ0n) is 16.4. The molecule has 2 aromatic rings. The summed E-state index contributed by atoms with van der Waals surface area (Å²) in [6.07, 6.45) is 4.31. The van der Waals surface area contributed by atoms with Crippen LogP contribution in [0.1, 0.15) is 32.0 Å². The molecule has 2 N–H and O–H groups in total. The van der Waals surface area contributed by atoms with Crippen molar-refractivity contribution in [2.75, 3.05) is 19.6 Å². The lowest BCUT2D eigenvalue weighted by Gasteiger charge is -2.11. The van der Waals surface area contributed by atoms with E-state index < -0.39 is 11.9 Å². The minimum absolute atomic E-state index is 0.0227. The Morgan fingerprint density at radius 3 is 2.31 bits per heavy atom. The molecule has 154 valence electrons. The number of para-hydroxylation sites is 1. The highest BCUT2D eigenvalue weighted by Crippen LogP contribution is 2.09. The first-order valence-corrected chi connectivity index (χ1v) is 9.56. The molecule has 0 atom stereocenters. The lowest BCUT2D eigenvalue weighted by Crippen LogP contribution is -2.25. The van der Waals surface area contributed by atoms with Gasteiger partial charge in [-0.25, -0.2) is 14.6 Å². The van der Waals surface area contributed by atoms with Crippen molar-refractivity contribution in [1.82, 2.24) is 14.5 Å². The van der Waals surface area contributed by atoms with Gasteiger partial charge in [0.1, 0.15) is 5.82 Å². The Kier molecular flexibility index (Phi) is 8.37. The SMILES string of the molecule is CCCc1nc2ccccc2c(=O)n1CC#CCN1CCCC1.O=C(O)C(=O)O. The van der Waals surface area contributed by atoms with E-state index in [1.165, 1.54) is 12.8 Å². The largest absolute Gasteiger partial charge is 0.473 e. The summed E-state index contributed by atoms with van der Waals surface area (Å²) in [4.78, 5) is 37.9. The maximum Gasteiger partial charge on any atom is 0.414 e. The Bertz CT molecular complexity index is 969. The molecule has 1 aliphatic heterocycles. The van der Waals surface area contributed by atoms with E-state index in [1.807, 2.05) is 24.3 Å². The number of likely N-dealkylation sites (tertiary alicyclic amines) is 1. The molecule has 1 saturated heterocycles. The number of aliphatic carboxylic acids is 2. The number of carboxylic acids is 2. The van der Waals surface area contributed by atoms with E-state index in [4.69, 9.17) is 19.8 Å². The molecule has 1 aliphatic rings. The number of hydrogen-bond donors (Lipinski definition) is 2. The average Bonchev–Trinajstić information content (AvgIpc) is 3.21. The molecule has 0 saturated carbocycles. The van der Waals surface area contributed by atoms with E-state index >= 15 is 0 Å². The lowest BCUT2D eigenvalue weighted by atomic mass is 10.2. The Morgan fingerprint density at radius 2 is 1.69 bits per heavy atom. The predicted molar refractivity (Wildman–Crippen MR) is 109 cm³/mol. The number of benzene rings is 1. The van der Waals surface area contributed by atoms with Crippen LogP contribution in [0.4, 0.5) is 0 Å². The minimum atomic E-state index is -1.82.